The van der Waals surface area contributed by atoms with Crippen LogP contribution >= 0.6 is 0 Å². The van der Waals surface area contributed by atoms with E-state index in [0.717, 1.165) is 11.5 Å². The molecule has 0 radical (unpaired) electrons. The molecule has 1 nitrogen and oxygen atoms in total. The van der Waals surface area contributed by atoms with Crippen molar-refractivity contribution < 1.29 is 4.74 Å². The van der Waals surface area contributed by atoms with Crippen molar-refractivity contribution in [1.29, 1.82) is 0 Å². The Morgan fingerprint density at radius 2 is 1.15 bits per heavy atom. The first kappa shape index (κ1) is 12.3. The third-order valence-electron chi connectivity index (χ3n) is 1.94. The van der Waals surface area contributed by atoms with E-state index in [1.165, 1.54) is 0 Å². The third-order valence-corrected chi connectivity index (χ3v) is 1.94. The minimum Gasteiger partial charge on any atom is -0.466 e. The van der Waals surface area contributed by atoms with Crippen LogP contribution in [-0.4, -0.2) is 0 Å². The van der Waals surface area contributed by atoms with Crippen LogP contribution in [0.4, 0.5) is 0 Å². The molecule has 0 aromatic carbocycles. The first-order valence-corrected chi connectivity index (χ1v) is 5.03. The molecule has 0 aromatic rings. The van der Waals surface area contributed by atoms with Crippen molar-refractivity contribution in [2.45, 2.75) is 41.5 Å². The van der Waals surface area contributed by atoms with Crippen LogP contribution in [0.5, 0.6) is 0 Å². The number of rotatable bonds is 4. The number of ether oxygens (including phenoxy) is 1. The standard InChI is InChI=1S/C12H22O/c1-7-11(9(3)4)13-12(8-2)10(5)6/h7-10H,1-6H3/b11-7-,12-8-. The minimum atomic E-state index is 0.457. The lowest BCUT2D eigenvalue weighted by molar-refractivity contribution is 0.233. The van der Waals surface area contributed by atoms with Gasteiger partial charge in [0, 0.05) is 11.8 Å². The van der Waals surface area contributed by atoms with Gasteiger partial charge in [-0.1, -0.05) is 27.7 Å². The van der Waals surface area contributed by atoms with Crippen molar-refractivity contribution in [3.8, 4) is 0 Å². The van der Waals surface area contributed by atoms with E-state index in [9.17, 15) is 0 Å². The molecule has 0 aliphatic rings. The van der Waals surface area contributed by atoms with Gasteiger partial charge in [-0.15, -0.1) is 0 Å². The second-order valence-corrected chi connectivity index (χ2v) is 3.79. The summed E-state index contributed by atoms with van der Waals surface area (Å²) in [7, 11) is 0. The molecular formula is C12H22O. The van der Waals surface area contributed by atoms with Gasteiger partial charge in [0.25, 0.3) is 0 Å². The Labute approximate surface area is 82.5 Å². The smallest absolute Gasteiger partial charge is 0.102 e. The van der Waals surface area contributed by atoms with Gasteiger partial charge in [-0.25, -0.2) is 0 Å². The first-order valence-electron chi connectivity index (χ1n) is 5.03. The van der Waals surface area contributed by atoms with Gasteiger partial charge in [0.2, 0.25) is 0 Å². The lowest BCUT2D eigenvalue weighted by Gasteiger charge is -2.17. The average Bonchev–Trinajstić information content (AvgIpc) is 2.05. The summed E-state index contributed by atoms with van der Waals surface area (Å²) in [5, 5.41) is 0. The van der Waals surface area contributed by atoms with E-state index >= 15 is 0 Å². The highest BCUT2D eigenvalue weighted by Crippen LogP contribution is 2.20. The topological polar surface area (TPSA) is 9.23 Å². The Balaban J connectivity index is 4.40. The Hall–Kier alpha value is -0.720. The SMILES string of the molecule is C/C=C(\O/C(=C\C)C(C)C)C(C)C. The van der Waals surface area contributed by atoms with E-state index < -0.39 is 0 Å². The summed E-state index contributed by atoms with van der Waals surface area (Å²) in [5.74, 6) is 3.03. The van der Waals surface area contributed by atoms with Crippen molar-refractivity contribution in [2.24, 2.45) is 11.8 Å². The molecule has 0 fully saturated rings. The van der Waals surface area contributed by atoms with Crippen LogP contribution in [0.25, 0.3) is 0 Å². The Bertz CT molecular complexity index is 175. The molecule has 0 saturated heterocycles. The summed E-state index contributed by atoms with van der Waals surface area (Å²) in [6.07, 6.45) is 4.08. The van der Waals surface area contributed by atoms with Crippen LogP contribution in [0, 0.1) is 11.8 Å². The van der Waals surface area contributed by atoms with Crippen molar-refractivity contribution in [3.05, 3.63) is 23.7 Å². The predicted octanol–water partition coefficient (Wildman–Crippen LogP) is 4.12. The summed E-state index contributed by atoms with van der Waals surface area (Å²) in [5.41, 5.74) is 0. The molecule has 0 aliphatic heterocycles. The summed E-state index contributed by atoms with van der Waals surface area (Å²) in [4.78, 5) is 0. The van der Waals surface area contributed by atoms with E-state index in [2.05, 4.69) is 27.7 Å². The lowest BCUT2D eigenvalue weighted by atomic mass is 10.1. The molecule has 0 atom stereocenters. The molecule has 0 unspecified atom stereocenters. The van der Waals surface area contributed by atoms with Crippen LogP contribution in [0.1, 0.15) is 41.5 Å². The zero-order chi connectivity index (χ0) is 10.4. The van der Waals surface area contributed by atoms with E-state index in [1.54, 1.807) is 0 Å². The monoisotopic (exact) mass is 182 g/mol. The number of allylic oxidation sites excluding steroid dienone is 4. The molecule has 0 N–H and O–H groups in total. The fraction of sp³-hybridized carbons (Fsp3) is 0.667. The fourth-order valence-electron chi connectivity index (χ4n) is 1.16. The molecule has 0 amide bonds. The molecule has 1 heteroatoms. The molecule has 0 aliphatic carbocycles. The van der Waals surface area contributed by atoms with Crippen molar-refractivity contribution in [3.63, 3.8) is 0 Å². The van der Waals surface area contributed by atoms with Crippen LogP contribution in [-0.2, 0) is 4.74 Å². The average molecular weight is 182 g/mol. The Kier molecular flexibility index (Phi) is 5.52. The molecule has 0 saturated carbocycles. The van der Waals surface area contributed by atoms with E-state index in [0.29, 0.717) is 11.8 Å². The summed E-state index contributed by atoms with van der Waals surface area (Å²) >= 11 is 0. The summed E-state index contributed by atoms with van der Waals surface area (Å²) in [6.45, 7) is 12.6. The largest absolute Gasteiger partial charge is 0.466 e. The fourth-order valence-corrected chi connectivity index (χ4v) is 1.16. The highest BCUT2D eigenvalue weighted by Gasteiger charge is 2.08. The van der Waals surface area contributed by atoms with Gasteiger partial charge in [0.1, 0.15) is 11.5 Å². The molecule has 0 bridgehead atoms. The maximum atomic E-state index is 5.79. The van der Waals surface area contributed by atoms with Crippen molar-refractivity contribution >= 4 is 0 Å². The van der Waals surface area contributed by atoms with Gasteiger partial charge in [0.15, 0.2) is 0 Å². The molecule has 13 heavy (non-hydrogen) atoms. The molecule has 0 rings (SSSR count). The van der Waals surface area contributed by atoms with E-state index in [1.807, 2.05) is 26.0 Å². The third kappa shape index (κ3) is 4.16. The Morgan fingerprint density at radius 3 is 1.31 bits per heavy atom. The maximum absolute atomic E-state index is 5.79. The predicted molar refractivity (Wildman–Crippen MR) is 58.3 cm³/mol. The Morgan fingerprint density at radius 1 is 0.846 bits per heavy atom. The zero-order valence-corrected chi connectivity index (χ0v) is 9.72. The highest BCUT2D eigenvalue weighted by molar-refractivity contribution is 5.03. The molecule has 0 spiro atoms. The second-order valence-electron chi connectivity index (χ2n) is 3.79. The zero-order valence-electron chi connectivity index (χ0n) is 9.72. The van der Waals surface area contributed by atoms with Crippen molar-refractivity contribution in [2.75, 3.05) is 0 Å². The van der Waals surface area contributed by atoms with E-state index in [-0.39, 0.29) is 0 Å². The van der Waals surface area contributed by atoms with E-state index in [4.69, 9.17) is 4.74 Å². The molecule has 76 valence electrons. The second kappa shape index (κ2) is 5.85. The normalized spacial score (nSPS) is 14.2. The van der Waals surface area contributed by atoms with Crippen LogP contribution in [0.15, 0.2) is 23.7 Å². The van der Waals surface area contributed by atoms with Gasteiger partial charge in [-0.2, -0.15) is 0 Å². The molecular weight excluding hydrogens is 160 g/mol. The van der Waals surface area contributed by atoms with Crippen LogP contribution in [0.2, 0.25) is 0 Å². The van der Waals surface area contributed by atoms with Crippen LogP contribution in [0.3, 0.4) is 0 Å². The minimum absolute atomic E-state index is 0.457. The van der Waals surface area contributed by atoms with Gasteiger partial charge in [-0.3, -0.25) is 0 Å². The summed E-state index contributed by atoms with van der Waals surface area (Å²) in [6, 6.07) is 0. The number of hydrogen-bond donors (Lipinski definition) is 0. The highest BCUT2D eigenvalue weighted by atomic mass is 16.5. The summed E-state index contributed by atoms with van der Waals surface area (Å²) < 4.78 is 5.79. The molecule has 0 heterocycles. The quantitative estimate of drug-likeness (QED) is 0.594. The van der Waals surface area contributed by atoms with Gasteiger partial charge in [0.05, 0.1) is 0 Å². The number of hydrogen-bond acceptors (Lipinski definition) is 1. The van der Waals surface area contributed by atoms with Gasteiger partial charge < -0.3 is 4.74 Å². The van der Waals surface area contributed by atoms with Gasteiger partial charge >= 0.3 is 0 Å². The van der Waals surface area contributed by atoms with Gasteiger partial charge in [-0.05, 0) is 26.0 Å². The van der Waals surface area contributed by atoms with Crippen LogP contribution < -0.4 is 0 Å². The van der Waals surface area contributed by atoms with Crippen molar-refractivity contribution in [1.82, 2.24) is 0 Å². The molecule has 0 aromatic heterocycles. The maximum Gasteiger partial charge on any atom is 0.102 e. The first-order chi connectivity index (χ1) is 6.02. The lowest BCUT2D eigenvalue weighted by Crippen LogP contribution is -2.04.